The highest BCUT2D eigenvalue weighted by Crippen LogP contribution is 2.23. The Morgan fingerprint density at radius 3 is 2.31 bits per heavy atom. The molecule has 1 N–H and O–H groups in total. The predicted octanol–water partition coefficient (Wildman–Crippen LogP) is 3.05. The molecular weight excluding hydrogens is 181 g/mol. The Bertz CT molecular complexity index is 142. The second-order valence-electron chi connectivity index (χ2n) is 2.98. The van der Waals surface area contributed by atoms with Crippen molar-refractivity contribution in [3.05, 3.63) is 12.7 Å². The number of aliphatic hydroxyl groups is 1. The van der Waals surface area contributed by atoms with Gasteiger partial charge in [0.2, 0.25) is 0 Å². The number of rotatable bonds is 6. The molecule has 0 rings (SSSR count). The van der Waals surface area contributed by atoms with Crippen molar-refractivity contribution >= 4 is 0 Å². The van der Waals surface area contributed by atoms with Crippen molar-refractivity contribution in [1.82, 2.24) is 0 Å². The van der Waals surface area contributed by atoms with Crippen LogP contribution in [0.3, 0.4) is 0 Å². The number of alkyl halides is 3. The molecule has 0 bridgehead atoms. The van der Waals surface area contributed by atoms with E-state index in [0.717, 1.165) is 12.8 Å². The molecule has 0 aromatic rings. The lowest BCUT2D eigenvalue weighted by Crippen LogP contribution is -2.28. The zero-order valence-electron chi connectivity index (χ0n) is 7.48. The van der Waals surface area contributed by atoms with E-state index < -0.39 is 12.3 Å². The Balaban J connectivity index is 3.37. The summed E-state index contributed by atoms with van der Waals surface area (Å²) < 4.78 is 35.3. The van der Waals surface area contributed by atoms with Gasteiger partial charge >= 0.3 is 6.18 Å². The van der Waals surface area contributed by atoms with Crippen LogP contribution in [-0.4, -0.2) is 17.4 Å². The van der Waals surface area contributed by atoms with E-state index in [4.69, 9.17) is 5.11 Å². The van der Waals surface area contributed by atoms with E-state index in [1.807, 2.05) is 0 Å². The highest BCUT2D eigenvalue weighted by Gasteiger charge is 2.37. The van der Waals surface area contributed by atoms with E-state index in [2.05, 4.69) is 6.58 Å². The Kier molecular flexibility index (Phi) is 5.79. The molecule has 0 aliphatic rings. The van der Waals surface area contributed by atoms with Crippen LogP contribution in [0.4, 0.5) is 13.2 Å². The summed E-state index contributed by atoms with van der Waals surface area (Å²) in [5.41, 5.74) is 0. The quantitative estimate of drug-likeness (QED) is 0.511. The monoisotopic (exact) mass is 196 g/mol. The molecule has 13 heavy (non-hydrogen) atoms. The van der Waals surface area contributed by atoms with Gasteiger partial charge in [0.15, 0.2) is 0 Å². The molecule has 0 radical (unpaired) electrons. The summed E-state index contributed by atoms with van der Waals surface area (Å²) in [6.45, 7) is 3.50. The van der Waals surface area contributed by atoms with Gasteiger partial charge in [0.1, 0.15) is 6.10 Å². The van der Waals surface area contributed by atoms with Crippen molar-refractivity contribution in [2.45, 2.75) is 44.4 Å². The Labute approximate surface area is 76.3 Å². The molecule has 0 saturated heterocycles. The first-order chi connectivity index (χ1) is 5.98. The molecule has 0 fully saturated rings. The highest BCUT2D eigenvalue weighted by atomic mass is 19.4. The smallest absolute Gasteiger partial charge is 0.384 e. The first-order valence-electron chi connectivity index (χ1n) is 4.34. The van der Waals surface area contributed by atoms with Crippen molar-refractivity contribution in [2.24, 2.45) is 0 Å². The zero-order valence-corrected chi connectivity index (χ0v) is 7.48. The van der Waals surface area contributed by atoms with Crippen LogP contribution < -0.4 is 0 Å². The molecule has 1 atom stereocenters. The molecule has 0 spiro atoms. The average Bonchev–Trinajstić information content (AvgIpc) is 2.02. The number of hydrogen-bond acceptors (Lipinski definition) is 1. The molecule has 0 saturated carbocycles. The van der Waals surface area contributed by atoms with E-state index in [1.165, 1.54) is 0 Å². The lowest BCUT2D eigenvalue weighted by atomic mass is 10.1. The number of halogens is 3. The van der Waals surface area contributed by atoms with Gasteiger partial charge in [0.25, 0.3) is 0 Å². The van der Waals surface area contributed by atoms with Crippen molar-refractivity contribution in [3.63, 3.8) is 0 Å². The zero-order chi connectivity index (χ0) is 10.3. The van der Waals surface area contributed by atoms with Crippen LogP contribution in [0.25, 0.3) is 0 Å². The number of allylic oxidation sites excluding steroid dienone is 1. The van der Waals surface area contributed by atoms with E-state index in [0.29, 0.717) is 12.8 Å². The van der Waals surface area contributed by atoms with Crippen molar-refractivity contribution in [1.29, 1.82) is 0 Å². The predicted molar refractivity (Wildman–Crippen MR) is 45.3 cm³/mol. The fourth-order valence-corrected chi connectivity index (χ4v) is 0.967. The summed E-state index contributed by atoms with van der Waals surface area (Å²) in [7, 11) is 0. The van der Waals surface area contributed by atoms with E-state index in [1.54, 1.807) is 6.08 Å². The lowest BCUT2D eigenvalue weighted by Gasteiger charge is -2.13. The third kappa shape index (κ3) is 6.63. The van der Waals surface area contributed by atoms with Gasteiger partial charge in [-0.2, -0.15) is 13.2 Å². The Morgan fingerprint density at radius 1 is 1.23 bits per heavy atom. The summed E-state index contributed by atoms with van der Waals surface area (Å²) in [6, 6.07) is 0. The van der Waals surface area contributed by atoms with Crippen LogP contribution in [0.2, 0.25) is 0 Å². The molecular formula is C9H15F3O. The molecule has 0 aromatic carbocycles. The largest absolute Gasteiger partial charge is 0.414 e. The SMILES string of the molecule is C=CCCCCCC(O)C(F)(F)F. The molecule has 0 heterocycles. The van der Waals surface area contributed by atoms with Gasteiger partial charge in [-0.1, -0.05) is 18.9 Å². The van der Waals surface area contributed by atoms with Gasteiger partial charge in [-0.05, 0) is 19.3 Å². The summed E-state index contributed by atoms with van der Waals surface area (Å²) >= 11 is 0. The van der Waals surface area contributed by atoms with Crippen LogP contribution in [0.5, 0.6) is 0 Å². The third-order valence-electron chi connectivity index (χ3n) is 1.76. The summed E-state index contributed by atoms with van der Waals surface area (Å²) in [6.07, 6.45) is -2.29. The molecule has 0 amide bonds. The Morgan fingerprint density at radius 2 is 1.85 bits per heavy atom. The van der Waals surface area contributed by atoms with Gasteiger partial charge in [-0.15, -0.1) is 6.58 Å². The van der Waals surface area contributed by atoms with Gasteiger partial charge in [0.05, 0.1) is 0 Å². The normalized spacial score (nSPS) is 14.2. The van der Waals surface area contributed by atoms with E-state index in [9.17, 15) is 13.2 Å². The number of unbranched alkanes of at least 4 members (excludes halogenated alkanes) is 3. The Hall–Kier alpha value is -0.510. The van der Waals surface area contributed by atoms with Crippen LogP contribution >= 0.6 is 0 Å². The van der Waals surface area contributed by atoms with Crippen LogP contribution in [0, 0.1) is 0 Å². The molecule has 0 aliphatic heterocycles. The van der Waals surface area contributed by atoms with Crippen LogP contribution in [0.1, 0.15) is 32.1 Å². The first kappa shape index (κ1) is 12.5. The maximum absolute atomic E-state index is 11.8. The number of hydrogen-bond donors (Lipinski definition) is 1. The maximum atomic E-state index is 11.8. The molecule has 78 valence electrons. The average molecular weight is 196 g/mol. The standard InChI is InChI=1S/C9H15F3O/c1-2-3-4-5-6-7-8(13)9(10,11)12/h2,8,13H,1,3-7H2. The van der Waals surface area contributed by atoms with Gasteiger partial charge in [0, 0.05) is 0 Å². The number of aliphatic hydroxyl groups excluding tert-OH is 1. The second kappa shape index (κ2) is 6.02. The topological polar surface area (TPSA) is 20.2 Å². The van der Waals surface area contributed by atoms with Gasteiger partial charge in [-0.3, -0.25) is 0 Å². The fraction of sp³-hybridized carbons (Fsp3) is 0.778. The molecule has 0 aliphatic carbocycles. The van der Waals surface area contributed by atoms with Gasteiger partial charge < -0.3 is 5.11 Å². The molecule has 0 aromatic heterocycles. The molecule has 1 nitrogen and oxygen atoms in total. The summed E-state index contributed by atoms with van der Waals surface area (Å²) in [4.78, 5) is 0. The van der Waals surface area contributed by atoms with Gasteiger partial charge in [-0.25, -0.2) is 0 Å². The molecule has 1 unspecified atom stereocenters. The minimum Gasteiger partial charge on any atom is -0.384 e. The first-order valence-corrected chi connectivity index (χ1v) is 4.34. The minimum absolute atomic E-state index is 0.194. The lowest BCUT2D eigenvalue weighted by molar-refractivity contribution is -0.205. The van der Waals surface area contributed by atoms with E-state index >= 15 is 0 Å². The van der Waals surface area contributed by atoms with Crippen LogP contribution in [-0.2, 0) is 0 Å². The van der Waals surface area contributed by atoms with E-state index in [-0.39, 0.29) is 6.42 Å². The summed E-state index contributed by atoms with van der Waals surface area (Å²) in [5, 5.41) is 8.60. The van der Waals surface area contributed by atoms with Crippen molar-refractivity contribution in [3.8, 4) is 0 Å². The highest BCUT2D eigenvalue weighted by molar-refractivity contribution is 4.67. The van der Waals surface area contributed by atoms with Crippen molar-refractivity contribution < 1.29 is 18.3 Å². The van der Waals surface area contributed by atoms with Crippen LogP contribution in [0.15, 0.2) is 12.7 Å². The minimum atomic E-state index is -4.46. The third-order valence-corrected chi connectivity index (χ3v) is 1.76. The van der Waals surface area contributed by atoms with Crippen molar-refractivity contribution in [2.75, 3.05) is 0 Å². The molecule has 4 heteroatoms. The summed E-state index contributed by atoms with van der Waals surface area (Å²) in [5.74, 6) is 0. The maximum Gasteiger partial charge on any atom is 0.414 e. The fourth-order valence-electron chi connectivity index (χ4n) is 0.967. The second-order valence-corrected chi connectivity index (χ2v) is 2.98.